The van der Waals surface area contributed by atoms with E-state index in [4.69, 9.17) is 9.47 Å². The third kappa shape index (κ3) is 3.39. The first-order valence-electron chi connectivity index (χ1n) is 6.84. The topological polar surface area (TPSA) is 41.9 Å². The van der Waals surface area contributed by atoms with E-state index in [-0.39, 0.29) is 6.61 Å². The van der Waals surface area contributed by atoms with Gasteiger partial charge in [0, 0.05) is 12.6 Å². The Morgan fingerprint density at radius 2 is 2.05 bits per heavy atom. The summed E-state index contributed by atoms with van der Waals surface area (Å²) in [5.41, 5.74) is 1.24. The number of aliphatic hydroxyl groups excluding tert-OH is 1. The normalized spacial score (nSPS) is 19.6. The fourth-order valence-corrected chi connectivity index (χ4v) is 2.71. The van der Waals surface area contributed by atoms with Crippen molar-refractivity contribution in [2.45, 2.75) is 25.3 Å². The Morgan fingerprint density at radius 1 is 1.26 bits per heavy atom. The maximum absolute atomic E-state index is 9.31. The second-order valence-electron chi connectivity index (χ2n) is 4.95. The molecule has 4 nitrogen and oxygen atoms in total. The summed E-state index contributed by atoms with van der Waals surface area (Å²) in [5, 5.41) is 9.31. The van der Waals surface area contributed by atoms with Crippen LogP contribution in [0.15, 0.2) is 18.2 Å². The van der Waals surface area contributed by atoms with Crippen LogP contribution >= 0.6 is 0 Å². The molecule has 1 fully saturated rings. The number of rotatable bonds is 6. The highest BCUT2D eigenvalue weighted by Gasteiger charge is 2.22. The summed E-state index contributed by atoms with van der Waals surface area (Å²) < 4.78 is 10.5. The molecule has 4 heteroatoms. The summed E-state index contributed by atoms with van der Waals surface area (Å²) in [7, 11) is 3.30. The number of aliphatic hydroxyl groups is 1. The predicted octanol–water partition coefficient (Wildman–Crippen LogP) is 1.70. The lowest BCUT2D eigenvalue weighted by atomic mass is 10.1. The van der Waals surface area contributed by atoms with Crippen molar-refractivity contribution >= 4 is 0 Å². The average molecular weight is 265 g/mol. The van der Waals surface area contributed by atoms with Crippen molar-refractivity contribution in [1.29, 1.82) is 0 Å². The lowest BCUT2D eigenvalue weighted by Gasteiger charge is -2.22. The molecular weight excluding hydrogens is 242 g/mol. The zero-order valence-corrected chi connectivity index (χ0v) is 11.8. The minimum Gasteiger partial charge on any atom is -0.493 e. The van der Waals surface area contributed by atoms with E-state index in [0.717, 1.165) is 37.4 Å². The Morgan fingerprint density at radius 3 is 2.74 bits per heavy atom. The minimum atomic E-state index is 0.270. The van der Waals surface area contributed by atoms with Crippen LogP contribution in [0.2, 0.25) is 0 Å². The number of nitrogens with zero attached hydrogens (tertiary/aromatic N) is 1. The van der Waals surface area contributed by atoms with Crippen LogP contribution in [0.3, 0.4) is 0 Å². The molecular formula is C15H23NO3. The molecule has 0 bridgehead atoms. The van der Waals surface area contributed by atoms with Gasteiger partial charge in [-0.15, -0.1) is 0 Å². The number of ether oxygens (including phenoxy) is 2. The van der Waals surface area contributed by atoms with Crippen LogP contribution in [0.1, 0.15) is 18.4 Å². The molecule has 0 aromatic heterocycles. The maximum atomic E-state index is 9.31. The Kier molecular flexibility index (Phi) is 5.05. The summed E-state index contributed by atoms with van der Waals surface area (Å²) >= 11 is 0. The van der Waals surface area contributed by atoms with Crippen molar-refractivity contribution in [2.24, 2.45) is 0 Å². The summed E-state index contributed by atoms with van der Waals surface area (Å²) in [5.74, 6) is 1.54. The lowest BCUT2D eigenvalue weighted by Crippen LogP contribution is -2.33. The lowest BCUT2D eigenvalue weighted by molar-refractivity contribution is 0.160. The fraction of sp³-hybridized carbons (Fsp3) is 0.600. The molecule has 19 heavy (non-hydrogen) atoms. The number of benzene rings is 1. The van der Waals surface area contributed by atoms with Gasteiger partial charge in [0.25, 0.3) is 0 Å². The van der Waals surface area contributed by atoms with Crippen molar-refractivity contribution in [3.8, 4) is 11.5 Å². The van der Waals surface area contributed by atoms with Gasteiger partial charge in [-0.3, -0.25) is 4.90 Å². The van der Waals surface area contributed by atoms with E-state index in [0.29, 0.717) is 6.04 Å². The Labute approximate surface area is 114 Å². The van der Waals surface area contributed by atoms with E-state index in [1.54, 1.807) is 14.2 Å². The molecule has 1 heterocycles. The van der Waals surface area contributed by atoms with Gasteiger partial charge in [0.1, 0.15) is 0 Å². The van der Waals surface area contributed by atoms with Gasteiger partial charge >= 0.3 is 0 Å². The van der Waals surface area contributed by atoms with E-state index >= 15 is 0 Å². The molecule has 1 N–H and O–H groups in total. The van der Waals surface area contributed by atoms with Gasteiger partial charge in [0.15, 0.2) is 11.5 Å². The summed E-state index contributed by atoms with van der Waals surface area (Å²) in [6.07, 6.45) is 3.27. The second kappa shape index (κ2) is 6.78. The highest BCUT2D eigenvalue weighted by Crippen LogP contribution is 2.28. The number of hydrogen-bond donors (Lipinski definition) is 1. The second-order valence-corrected chi connectivity index (χ2v) is 4.95. The van der Waals surface area contributed by atoms with Gasteiger partial charge in [0.2, 0.25) is 0 Å². The third-order valence-corrected chi connectivity index (χ3v) is 3.85. The van der Waals surface area contributed by atoms with Gasteiger partial charge in [-0.05, 0) is 43.5 Å². The molecule has 1 atom stereocenters. The van der Waals surface area contributed by atoms with E-state index in [1.807, 2.05) is 12.1 Å². The van der Waals surface area contributed by atoms with Crippen molar-refractivity contribution in [1.82, 2.24) is 4.90 Å². The fourth-order valence-electron chi connectivity index (χ4n) is 2.71. The van der Waals surface area contributed by atoms with Gasteiger partial charge in [0.05, 0.1) is 20.8 Å². The Hall–Kier alpha value is -1.26. The maximum Gasteiger partial charge on any atom is 0.160 e. The quantitative estimate of drug-likeness (QED) is 0.850. The standard InChI is InChI=1S/C15H23NO3/c1-18-14-6-5-12(10-15(14)19-2)7-9-16-8-3-4-13(16)11-17/h5-6,10,13,17H,3-4,7-9,11H2,1-2H3. The largest absolute Gasteiger partial charge is 0.493 e. The van der Waals surface area contributed by atoms with Crippen molar-refractivity contribution in [3.63, 3.8) is 0 Å². The minimum absolute atomic E-state index is 0.270. The van der Waals surface area contributed by atoms with E-state index < -0.39 is 0 Å². The Bertz CT molecular complexity index is 408. The number of hydrogen-bond acceptors (Lipinski definition) is 4. The van der Waals surface area contributed by atoms with Crippen LogP contribution in [0.4, 0.5) is 0 Å². The number of methoxy groups -OCH3 is 2. The third-order valence-electron chi connectivity index (χ3n) is 3.85. The molecule has 0 radical (unpaired) electrons. The molecule has 1 saturated heterocycles. The van der Waals surface area contributed by atoms with E-state index in [9.17, 15) is 5.11 Å². The number of likely N-dealkylation sites (tertiary alicyclic amines) is 1. The molecule has 1 aromatic rings. The van der Waals surface area contributed by atoms with E-state index in [1.165, 1.54) is 12.0 Å². The van der Waals surface area contributed by atoms with Gasteiger partial charge in [-0.2, -0.15) is 0 Å². The summed E-state index contributed by atoms with van der Waals surface area (Å²) in [6, 6.07) is 6.40. The molecule has 0 saturated carbocycles. The molecule has 1 unspecified atom stereocenters. The first-order chi connectivity index (χ1) is 9.28. The van der Waals surface area contributed by atoms with Crippen LogP contribution in [0.25, 0.3) is 0 Å². The molecule has 1 aliphatic heterocycles. The zero-order valence-electron chi connectivity index (χ0n) is 11.8. The van der Waals surface area contributed by atoms with Crippen LogP contribution in [-0.4, -0.2) is 50.0 Å². The molecule has 0 amide bonds. The van der Waals surface area contributed by atoms with Crippen LogP contribution in [0, 0.1) is 0 Å². The molecule has 0 spiro atoms. The van der Waals surface area contributed by atoms with Gasteiger partial charge in [-0.1, -0.05) is 6.07 Å². The van der Waals surface area contributed by atoms with Crippen LogP contribution in [0.5, 0.6) is 11.5 Å². The van der Waals surface area contributed by atoms with Gasteiger partial charge < -0.3 is 14.6 Å². The molecule has 0 aliphatic carbocycles. The highest BCUT2D eigenvalue weighted by atomic mass is 16.5. The summed E-state index contributed by atoms with van der Waals surface area (Å²) in [6.45, 7) is 2.35. The molecule has 106 valence electrons. The van der Waals surface area contributed by atoms with Gasteiger partial charge in [-0.25, -0.2) is 0 Å². The molecule has 2 rings (SSSR count). The average Bonchev–Trinajstić information content (AvgIpc) is 2.92. The first kappa shape index (κ1) is 14.2. The van der Waals surface area contributed by atoms with Crippen LogP contribution in [-0.2, 0) is 6.42 Å². The SMILES string of the molecule is COc1ccc(CCN2CCCC2CO)cc1OC. The van der Waals surface area contributed by atoms with Crippen molar-refractivity contribution in [3.05, 3.63) is 23.8 Å². The predicted molar refractivity (Wildman–Crippen MR) is 74.9 cm³/mol. The smallest absolute Gasteiger partial charge is 0.160 e. The highest BCUT2D eigenvalue weighted by molar-refractivity contribution is 5.42. The zero-order chi connectivity index (χ0) is 13.7. The Balaban J connectivity index is 1.96. The van der Waals surface area contributed by atoms with Crippen molar-refractivity contribution < 1.29 is 14.6 Å². The molecule has 1 aliphatic rings. The van der Waals surface area contributed by atoms with Crippen LogP contribution < -0.4 is 9.47 Å². The monoisotopic (exact) mass is 265 g/mol. The summed E-state index contributed by atoms with van der Waals surface area (Å²) in [4.78, 5) is 2.37. The van der Waals surface area contributed by atoms with E-state index in [2.05, 4.69) is 11.0 Å². The molecule has 1 aromatic carbocycles. The first-order valence-corrected chi connectivity index (χ1v) is 6.84. The van der Waals surface area contributed by atoms with Crippen molar-refractivity contribution in [2.75, 3.05) is 33.9 Å².